The van der Waals surface area contributed by atoms with Gasteiger partial charge in [0, 0.05) is 12.7 Å². The minimum Gasteiger partial charge on any atom is -0.483 e. The van der Waals surface area contributed by atoms with Crippen molar-refractivity contribution in [1.29, 1.82) is 0 Å². The Morgan fingerprint density at radius 1 is 1.16 bits per heavy atom. The Bertz CT molecular complexity index is 777. The van der Waals surface area contributed by atoms with Crippen LogP contribution < -0.4 is 10.1 Å². The molecule has 0 aliphatic rings. The van der Waals surface area contributed by atoms with Gasteiger partial charge < -0.3 is 15.0 Å². The maximum Gasteiger partial charge on any atom is 0.260 e. The Balaban J connectivity index is 1.85. The average Bonchev–Trinajstić information content (AvgIpc) is 2.55. The number of ether oxygens (including phenoxy) is 1. The first-order chi connectivity index (χ1) is 11.8. The van der Waals surface area contributed by atoms with E-state index < -0.39 is 11.7 Å². The van der Waals surface area contributed by atoms with Crippen molar-refractivity contribution in [3.8, 4) is 5.75 Å². The van der Waals surface area contributed by atoms with Crippen LogP contribution >= 0.6 is 0 Å². The molecule has 0 aromatic heterocycles. The third-order valence-electron chi connectivity index (χ3n) is 3.61. The third-order valence-corrected chi connectivity index (χ3v) is 3.61. The molecule has 0 unspecified atom stereocenters. The van der Waals surface area contributed by atoms with E-state index in [2.05, 4.69) is 5.32 Å². The van der Waals surface area contributed by atoms with Gasteiger partial charge in [0.15, 0.2) is 6.61 Å². The van der Waals surface area contributed by atoms with Crippen LogP contribution in [0.2, 0.25) is 0 Å². The largest absolute Gasteiger partial charge is 0.483 e. The maximum atomic E-state index is 13.1. The van der Waals surface area contributed by atoms with Crippen LogP contribution in [0.25, 0.3) is 0 Å². The summed E-state index contributed by atoms with van der Waals surface area (Å²) in [7, 11) is 1.51. The van der Waals surface area contributed by atoms with E-state index in [4.69, 9.17) is 4.74 Å². The Hall–Kier alpha value is -2.89. The smallest absolute Gasteiger partial charge is 0.260 e. The number of carbonyl (C=O) groups is 2. The van der Waals surface area contributed by atoms with E-state index in [1.165, 1.54) is 30.1 Å². The molecule has 25 heavy (non-hydrogen) atoms. The number of hydrogen-bond acceptors (Lipinski definition) is 3. The van der Waals surface area contributed by atoms with Crippen LogP contribution in [0.5, 0.6) is 5.75 Å². The first kappa shape index (κ1) is 18.4. The lowest BCUT2D eigenvalue weighted by Crippen LogP contribution is -2.37. The number of carbonyl (C=O) groups excluding carboxylic acids is 2. The number of nitrogens with zero attached hydrogens (tertiary/aromatic N) is 1. The molecule has 0 spiro atoms. The van der Waals surface area contributed by atoms with E-state index in [1.807, 2.05) is 32.0 Å². The third kappa shape index (κ3) is 5.60. The number of rotatable bonds is 6. The van der Waals surface area contributed by atoms with E-state index in [9.17, 15) is 14.0 Å². The van der Waals surface area contributed by atoms with Gasteiger partial charge in [-0.05, 0) is 49.2 Å². The average molecular weight is 344 g/mol. The molecule has 5 nitrogen and oxygen atoms in total. The first-order valence-electron chi connectivity index (χ1n) is 7.84. The molecule has 0 bridgehead atoms. The fourth-order valence-corrected chi connectivity index (χ4v) is 2.18. The Morgan fingerprint density at radius 3 is 2.64 bits per heavy atom. The van der Waals surface area contributed by atoms with Crippen LogP contribution in [-0.2, 0) is 9.59 Å². The lowest BCUT2D eigenvalue weighted by molar-refractivity contribution is -0.135. The number of halogens is 1. The maximum absolute atomic E-state index is 13.1. The summed E-state index contributed by atoms with van der Waals surface area (Å²) in [5, 5.41) is 2.55. The highest BCUT2D eigenvalue weighted by atomic mass is 19.1. The second-order valence-corrected chi connectivity index (χ2v) is 5.87. The Morgan fingerprint density at radius 2 is 1.92 bits per heavy atom. The summed E-state index contributed by atoms with van der Waals surface area (Å²) in [6.07, 6.45) is 0. The second-order valence-electron chi connectivity index (χ2n) is 5.87. The van der Waals surface area contributed by atoms with Crippen molar-refractivity contribution in [2.45, 2.75) is 13.8 Å². The SMILES string of the molecule is Cc1ccc(C)c(OCC(=O)N(C)CC(=O)Nc2cccc(F)c2)c1. The van der Waals surface area contributed by atoms with E-state index in [1.54, 1.807) is 6.07 Å². The highest BCUT2D eigenvalue weighted by Crippen LogP contribution is 2.19. The quantitative estimate of drug-likeness (QED) is 0.877. The zero-order valence-electron chi connectivity index (χ0n) is 14.5. The molecule has 1 N–H and O–H groups in total. The minimum atomic E-state index is -0.441. The van der Waals surface area contributed by atoms with Crippen LogP contribution in [0.4, 0.5) is 10.1 Å². The Labute approximate surface area is 146 Å². The van der Waals surface area contributed by atoms with Crippen molar-refractivity contribution in [3.63, 3.8) is 0 Å². The zero-order valence-corrected chi connectivity index (χ0v) is 14.5. The fourth-order valence-electron chi connectivity index (χ4n) is 2.18. The van der Waals surface area contributed by atoms with Crippen LogP contribution in [-0.4, -0.2) is 36.9 Å². The van der Waals surface area contributed by atoms with Gasteiger partial charge in [0.2, 0.25) is 5.91 Å². The summed E-state index contributed by atoms with van der Waals surface area (Å²) in [6, 6.07) is 11.3. The molecule has 0 atom stereocenters. The zero-order chi connectivity index (χ0) is 18.4. The van der Waals surface area contributed by atoms with E-state index >= 15 is 0 Å². The molecule has 0 radical (unpaired) electrons. The number of hydrogen-bond donors (Lipinski definition) is 1. The van der Waals surface area contributed by atoms with Crippen LogP contribution in [0.1, 0.15) is 11.1 Å². The molecule has 0 saturated heterocycles. The molecule has 2 aromatic rings. The summed E-state index contributed by atoms with van der Waals surface area (Å²) in [6.45, 7) is 3.53. The summed E-state index contributed by atoms with van der Waals surface area (Å²) in [4.78, 5) is 25.3. The van der Waals surface area contributed by atoms with Crippen molar-refractivity contribution in [1.82, 2.24) is 4.90 Å². The van der Waals surface area contributed by atoms with E-state index in [-0.39, 0.29) is 19.1 Å². The van der Waals surface area contributed by atoms with Gasteiger partial charge in [-0.3, -0.25) is 9.59 Å². The number of aryl methyl sites for hydroxylation is 2. The summed E-state index contributed by atoms with van der Waals surface area (Å²) >= 11 is 0. The molecule has 2 rings (SSSR count). The number of benzene rings is 2. The van der Waals surface area contributed by atoms with Crippen molar-refractivity contribution < 1.29 is 18.7 Å². The number of nitrogens with one attached hydrogen (secondary N) is 1. The standard InChI is InChI=1S/C19H21FN2O3/c1-13-7-8-14(2)17(9-13)25-12-19(24)22(3)11-18(23)21-16-6-4-5-15(20)10-16/h4-10H,11-12H2,1-3H3,(H,21,23). The monoisotopic (exact) mass is 344 g/mol. The van der Waals surface area contributed by atoms with Gasteiger partial charge in [0.1, 0.15) is 11.6 Å². The van der Waals surface area contributed by atoms with Gasteiger partial charge in [-0.15, -0.1) is 0 Å². The van der Waals surface area contributed by atoms with Crippen molar-refractivity contribution in [2.24, 2.45) is 0 Å². The van der Waals surface area contributed by atoms with Gasteiger partial charge >= 0.3 is 0 Å². The van der Waals surface area contributed by atoms with Crippen molar-refractivity contribution in [2.75, 3.05) is 25.5 Å². The minimum absolute atomic E-state index is 0.147. The topological polar surface area (TPSA) is 58.6 Å². The van der Waals surface area contributed by atoms with Crippen molar-refractivity contribution >= 4 is 17.5 Å². The number of anilines is 1. The van der Waals surface area contributed by atoms with E-state index in [0.717, 1.165) is 11.1 Å². The van der Waals surface area contributed by atoms with Crippen molar-refractivity contribution in [3.05, 3.63) is 59.4 Å². The molecule has 0 aliphatic heterocycles. The molecule has 0 saturated carbocycles. The predicted octanol–water partition coefficient (Wildman–Crippen LogP) is 2.92. The number of amides is 2. The highest BCUT2D eigenvalue weighted by Gasteiger charge is 2.14. The van der Waals surface area contributed by atoms with Gasteiger partial charge in [0.25, 0.3) is 5.91 Å². The molecule has 0 fully saturated rings. The molecular weight excluding hydrogens is 323 g/mol. The van der Waals surface area contributed by atoms with Crippen LogP contribution in [0.3, 0.4) is 0 Å². The second kappa shape index (κ2) is 8.28. The van der Waals surface area contributed by atoms with Gasteiger partial charge in [-0.1, -0.05) is 18.2 Å². The molecule has 132 valence electrons. The fraction of sp³-hybridized carbons (Fsp3) is 0.263. The first-order valence-corrected chi connectivity index (χ1v) is 7.84. The molecule has 2 aromatic carbocycles. The molecule has 2 amide bonds. The highest BCUT2D eigenvalue weighted by molar-refractivity contribution is 5.94. The normalized spacial score (nSPS) is 10.2. The molecular formula is C19H21FN2O3. The number of likely N-dealkylation sites (N-methyl/N-ethyl adjacent to an activating group) is 1. The molecule has 0 heterocycles. The summed E-state index contributed by atoms with van der Waals surface area (Å²) in [5.74, 6) is -0.529. The molecule has 0 aliphatic carbocycles. The van der Waals surface area contributed by atoms with Gasteiger partial charge in [-0.25, -0.2) is 4.39 Å². The summed E-state index contributed by atoms with van der Waals surface area (Å²) in [5.41, 5.74) is 2.32. The molecule has 6 heteroatoms. The van der Waals surface area contributed by atoms with Gasteiger partial charge in [0.05, 0.1) is 6.54 Å². The lowest BCUT2D eigenvalue weighted by atomic mass is 10.1. The van der Waals surface area contributed by atoms with Crippen LogP contribution in [0.15, 0.2) is 42.5 Å². The van der Waals surface area contributed by atoms with Gasteiger partial charge in [-0.2, -0.15) is 0 Å². The predicted molar refractivity (Wildman–Crippen MR) is 94.1 cm³/mol. The Kier molecular flexibility index (Phi) is 6.11. The van der Waals surface area contributed by atoms with E-state index in [0.29, 0.717) is 11.4 Å². The summed E-state index contributed by atoms with van der Waals surface area (Å²) < 4.78 is 18.6. The van der Waals surface area contributed by atoms with Crippen LogP contribution in [0, 0.1) is 19.7 Å². The lowest BCUT2D eigenvalue weighted by Gasteiger charge is -2.18.